The first-order chi connectivity index (χ1) is 11.8. The summed E-state index contributed by atoms with van der Waals surface area (Å²) in [5.41, 5.74) is 2.46. The van der Waals surface area contributed by atoms with E-state index >= 15 is 0 Å². The second-order valence-electron chi connectivity index (χ2n) is 5.74. The third-order valence-electron chi connectivity index (χ3n) is 4.14. The van der Waals surface area contributed by atoms with Gasteiger partial charge in [0.1, 0.15) is 5.75 Å². The van der Waals surface area contributed by atoms with Crippen molar-refractivity contribution in [3.05, 3.63) is 63.6 Å². The zero-order chi connectivity index (χ0) is 16.5. The predicted molar refractivity (Wildman–Crippen MR) is 101 cm³/mol. The molecular weight excluding hydrogens is 318 g/mol. The molecule has 0 atom stereocenters. The van der Waals surface area contributed by atoms with Gasteiger partial charge in [0.05, 0.1) is 17.5 Å². The van der Waals surface area contributed by atoms with Crippen LogP contribution < -0.4 is 10.2 Å². The molecule has 0 fully saturated rings. The van der Waals surface area contributed by atoms with Crippen molar-refractivity contribution in [2.45, 2.75) is 13.3 Å². The number of aromatic nitrogens is 1. The highest BCUT2D eigenvalue weighted by molar-refractivity contribution is 7.08. The lowest BCUT2D eigenvalue weighted by Crippen LogP contribution is -2.08. The van der Waals surface area contributed by atoms with Crippen molar-refractivity contribution in [2.75, 3.05) is 6.61 Å². The van der Waals surface area contributed by atoms with Crippen LogP contribution in [0.2, 0.25) is 0 Å². The smallest absolute Gasteiger partial charge is 0.197 e. The van der Waals surface area contributed by atoms with Crippen LogP contribution in [0.15, 0.2) is 58.1 Å². The molecule has 120 valence electrons. The summed E-state index contributed by atoms with van der Waals surface area (Å²) in [5, 5.41) is 6.65. The molecule has 0 aliphatic carbocycles. The molecule has 2 aromatic carbocycles. The normalized spacial score (nSPS) is 11.2. The van der Waals surface area contributed by atoms with Gasteiger partial charge in [-0.15, -0.1) is 0 Å². The number of pyridine rings is 1. The van der Waals surface area contributed by atoms with Crippen LogP contribution in [0.1, 0.15) is 13.3 Å². The fourth-order valence-electron chi connectivity index (χ4n) is 3.00. The summed E-state index contributed by atoms with van der Waals surface area (Å²) in [4.78, 5) is 16.5. The average molecular weight is 335 g/mol. The maximum atomic E-state index is 13.2. The lowest BCUT2D eigenvalue weighted by molar-refractivity contribution is 0.321. The third kappa shape index (κ3) is 2.39. The quantitative estimate of drug-likeness (QED) is 0.521. The molecule has 2 aromatic heterocycles. The zero-order valence-corrected chi connectivity index (χ0v) is 14.2. The van der Waals surface area contributed by atoms with Crippen molar-refractivity contribution in [1.82, 2.24) is 4.98 Å². The van der Waals surface area contributed by atoms with E-state index in [-0.39, 0.29) is 5.43 Å². The molecule has 3 nitrogen and oxygen atoms in total. The van der Waals surface area contributed by atoms with Crippen LogP contribution in [0.4, 0.5) is 0 Å². The molecule has 1 N–H and O–H groups in total. The van der Waals surface area contributed by atoms with E-state index in [0.717, 1.165) is 34.0 Å². The van der Waals surface area contributed by atoms with Crippen molar-refractivity contribution in [1.29, 1.82) is 0 Å². The highest BCUT2D eigenvalue weighted by Gasteiger charge is 2.14. The minimum absolute atomic E-state index is 0.0419. The SMILES string of the molecule is CCCOc1cc2ccccc2c2c(=O)c(-c3ccsc3)c[nH]c12. The van der Waals surface area contributed by atoms with Crippen molar-refractivity contribution >= 4 is 33.0 Å². The Morgan fingerprint density at radius 2 is 2.08 bits per heavy atom. The Morgan fingerprint density at radius 1 is 1.21 bits per heavy atom. The van der Waals surface area contributed by atoms with E-state index in [1.54, 1.807) is 17.5 Å². The van der Waals surface area contributed by atoms with Gasteiger partial charge in [0.15, 0.2) is 5.43 Å². The topological polar surface area (TPSA) is 42.1 Å². The molecule has 0 bridgehead atoms. The number of nitrogens with one attached hydrogen (secondary N) is 1. The minimum atomic E-state index is 0.0419. The van der Waals surface area contributed by atoms with Crippen LogP contribution in [0.5, 0.6) is 5.75 Å². The molecule has 4 aromatic rings. The summed E-state index contributed by atoms with van der Waals surface area (Å²) in [5.74, 6) is 0.736. The Bertz CT molecular complexity index is 1060. The van der Waals surface area contributed by atoms with Gasteiger partial charge < -0.3 is 9.72 Å². The molecule has 24 heavy (non-hydrogen) atoms. The number of thiophene rings is 1. The van der Waals surface area contributed by atoms with Crippen molar-refractivity contribution < 1.29 is 4.74 Å². The maximum Gasteiger partial charge on any atom is 0.197 e. The van der Waals surface area contributed by atoms with Crippen LogP contribution in [0.3, 0.4) is 0 Å². The summed E-state index contributed by atoms with van der Waals surface area (Å²) < 4.78 is 5.89. The number of aromatic amines is 1. The third-order valence-corrected chi connectivity index (χ3v) is 4.82. The van der Waals surface area contributed by atoms with Gasteiger partial charge >= 0.3 is 0 Å². The Labute approximate surface area is 143 Å². The van der Waals surface area contributed by atoms with Crippen LogP contribution in [0.25, 0.3) is 32.8 Å². The number of benzene rings is 2. The molecule has 0 saturated heterocycles. The molecular formula is C20H17NO2S. The molecule has 0 aliphatic rings. The number of H-pyrrole nitrogens is 1. The summed E-state index contributed by atoms with van der Waals surface area (Å²) in [6, 6.07) is 11.9. The van der Waals surface area contributed by atoms with Crippen molar-refractivity contribution in [3.8, 4) is 16.9 Å². The zero-order valence-electron chi connectivity index (χ0n) is 13.3. The van der Waals surface area contributed by atoms with E-state index in [9.17, 15) is 4.79 Å². The van der Waals surface area contributed by atoms with Gasteiger partial charge in [0.2, 0.25) is 0 Å². The van der Waals surface area contributed by atoms with Gasteiger partial charge in [-0.3, -0.25) is 4.79 Å². The second-order valence-corrected chi connectivity index (χ2v) is 6.52. The molecule has 0 unspecified atom stereocenters. The highest BCUT2D eigenvalue weighted by Crippen LogP contribution is 2.32. The van der Waals surface area contributed by atoms with E-state index in [1.165, 1.54) is 0 Å². The first kappa shape index (κ1) is 15.0. The molecule has 0 radical (unpaired) electrons. The summed E-state index contributed by atoms with van der Waals surface area (Å²) in [6.07, 6.45) is 2.71. The molecule has 4 heteroatoms. The number of hydrogen-bond acceptors (Lipinski definition) is 3. The lowest BCUT2D eigenvalue weighted by atomic mass is 10.0. The van der Waals surface area contributed by atoms with E-state index in [4.69, 9.17) is 4.74 Å². The van der Waals surface area contributed by atoms with Crippen molar-refractivity contribution in [2.24, 2.45) is 0 Å². The fraction of sp³-hybridized carbons (Fsp3) is 0.150. The van der Waals surface area contributed by atoms with Gasteiger partial charge in [-0.2, -0.15) is 11.3 Å². The molecule has 2 heterocycles. The van der Waals surface area contributed by atoms with Crippen LogP contribution in [-0.4, -0.2) is 11.6 Å². The van der Waals surface area contributed by atoms with Crippen LogP contribution in [0, 0.1) is 0 Å². The van der Waals surface area contributed by atoms with E-state index in [2.05, 4.69) is 11.9 Å². The Hall–Kier alpha value is -2.59. The summed E-state index contributed by atoms with van der Waals surface area (Å²) >= 11 is 1.59. The monoisotopic (exact) mass is 335 g/mol. The fourth-order valence-corrected chi connectivity index (χ4v) is 3.66. The van der Waals surface area contributed by atoms with Crippen molar-refractivity contribution in [3.63, 3.8) is 0 Å². The summed E-state index contributed by atoms with van der Waals surface area (Å²) in [7, 11) is 0. The maximum absolute atomic E-state index is 13.2. The number of ether oxygens (including phenoxy) is 1. The van der Waals surface area contributed by atoms with Gasteiger partial charge in [-0.1, -0.05) is 31.2 Å². The molecule has 0 amide bonds. The molecule has 0 saturated carbocycles. The van der Waals surface area contributed by atoms with Gasteiger partial charge in [-0.25, -0.2) is 0 Å². The summed E-state index contributed by atoms with van der Waals surface area (Å²) in [6.45, 7) is 2.70. The van der Waals surface area contributed by atoms with Crippen LogP contribution in [-0.2, 0) is 0 Å². The molecule has 4 rings (SSSR count). The number of fused-ring (bicyclic) bond motifs is 3. The Balaban J connectivity index is 2.09. The number of hydrogen-bond donors (Lipinski definition) is 1. The highest BCUT2D eigenvalue weighted by atomic mass is 32.1. The average Bonchev–Trinajstić information content (AvgIpc) is 3.14. The van der Waals surface area contributed by atoms with Crippen LogP contribution >= 0.6 is 11.3 Å². The second kappa shape index (κ2) is 6.13. The minimum Gasteiger partial charge on any atom is -0.491 e. The van der Waals surface area contributed by atoms with E-state index < -0.39 is 0 Å². The largest absolute Gasteiger partial charge is 0.491 e. The Morgan fingerprint density at radius 3 is 2.88 bits per heavy atom. The molecule has 0 spiro atoms. The predicted octanol–water partition coefficient (Wildman–Crippen LogP) is 5.20. The standard InChI is InChI=1S/C20H17NO2S/c1-2-8-23-17-10-13-5-3-4-6-15(13)18-19(17)21-11-16(20(18)22)14-7-9-24-12-14/h3-7,9-12H,2,8H2,1H3,(H,21,22). The van der Waals surface area contributed by atoms with Gasteiger partial charge in [0, 0.05) is 11.8 Å². The lowest BCUT2D eigenvalue weighted by Gasteiger charge is -2.12. The molecule has 0 aliphatic heterocycles. The number of rotatable bonds is 4. The first-order valence-corrected chi connectivity index (χ1v) is 8.96. The van der Waals surface area contributed by atoms with E-state index in [1.807, 2.05) is 47.2 Å². The first-order valence-electron chi connectivity index (χ1n) is 8.02. The Kier molecular flexibility index (Phi) is 3.82. The van der Waals surface area contributed by atoms with Gasteiger partial charge in [-0.05, 0) is 45.6 Å². The van der Waals surface area contributed by atoms with E-state index in [0.29, 0.717) is 17.6 Å². The van der Waals surface area contributed by atoms with Gasteiger partial charge in [0.25, 0.3) is 0 Å².